The summed E-state index contributed by atoms with van der Waals surface area (Å²) in [6.07, 6.45) is 0.458. The zero-order valence-electron chi connectivity index (χ0n) is 12.5. The molecule has 1 saturated heterocycles. The van der Waals surface area contributed by atoms with Crippen LogP contribution in [-0.4, -0.2) is 40.0 Å². The Kier molecular flexibility index (Phi) is 4.12. The largest absolute Gasteiger partial charge is 0.481 e. The first-order valence-corrected chi connectivity index (χ1v) is 8.39. The molecule has 0 spiro atoms. The molecule has 1 amide bonds. The van der Waals surface area contributed by atoms with Gasteiger partial charge in [0, 0.05) is 29.1 Å². The number of hydrogen-bond acceptors (Lipinski definition) is 4. The predicted octanol–water partition coefficient (Wildman–Crippen LogP) is 3.40. The smallest absolute Gasteiger partial charge is 0.311 e. The summed E-state index contributed by atoms with van der Waals surface area (Å²) in [5.41, 5.74) is 0.333. The van der Waals surface area contributed by atoms with Gasteiger partial charge in [0.05, 0.1) is 5.41 Å². The summed E-state index contributed by atoms with van der Waals surface area (Å²) in [6, 6.07) is 7.29. The SMILES string of the molecule is C[C@@]1(C(=O)O)CCN(C(=O)c2csc(-c3cccc(Cl)c3)n2)C1. The highest BCUT2D eigenvalue weighted by molar-refractivity contribution is 7.13. The molecule has 0 unspecified atom stereocenters. The molecule has 7 heteroatoms. The zero-order chi connectivity index (χ0) is 16.6. The van der Waals surface area contributed by atoms with E-state index >= 15 is 0 Å². The van der Waals surface area contributed by atoms with Crippen LogP contribution in [0.25, 0.3) is 10.6 Å². The summed E-state index contributed by atoms with van der Waals surface area (Å²) < 4.78 is 0. The number of hydrogen-bond donors (Lipinski definition) is 1. The molecule has 0 radical (unpaired) electrons. The highest BCUT2D eigenvalue weighted by Gasteiger charge is 2.42. The lowest BCUT2D eigenvalue weighted by Crippen LogP contribution is -2.35. The standard InChI is InChI=1S/C16H15ClN2O3S/c1-16(15(21)22)5-6-19(9-16)14(20)12-8-23-13(18-12)10-3-2-4-11(17)7-10/h2-4,7-8H,5-6,9H2,1H3,(H,21,22)/t16-/m1/s1. The van der Waals surface area contributed by atoms with Crippen molar-refractivity contribution in [2.45, 2.75) is 13.3 Å². The molecule has 23 heavy (non-hydrogen) atoms. The molecule has 1 aliphatic heterocycles. The Balaban J connectivity index is 1.79. The Morgan fingerprint density at radius 3 is 2.87 bits per heavy atom. The normalized spacial score (nSPS) is 20.7. The second-order valence-electron chi connectivity index (χ2n) is 5.89. The summed E-state index contributed by atoms with van der Waals surface area (Å²) in [6.45, 7) is 2.32. The maximum atomic E-state index is 12.5. The number of aromatic nitrogens is 1. The van der Waals surface area contributed by atoms with Gasteiger partial charge >= 0.3 is 5.97 Å². The maximum Gasteiger partial charge on any atom is 0.311 e. The van der Waals surface area contributed by atoms with Gasteiger partial charge in [-0.05, 0) is 25.5 Å². The van der Waals surface area contributed by atoms with Crippen LogP contribution in [0.3, 0.4) is 0 Å². The van der Waals surface area contributed by atoms with E-state index in [2.05, 4.69) is 4.98 Å². The van der Waals surface area contributed by atoms with E-state index in [0.29, 0.717) is 23.7 Å². The highest BCUT2D eigenvalue weighted by atomic mass is 35.5. The Hall–Kier alpha value is -1.92. The van der Waals surface area contributed by atoms with E-state index < -0.39 is 11.4 Å². The number of thiazole rings is 1. The third-order valence-electron chi connectivity index (χ3n) is 4.07. The summed E-state index contributed by atoms with van der Waals surface area (Å²) in [4.78, 5) is 29.7. The van der Waals surface area contributed by atoms with Gasteiger partial charge in [0.1, 0.15) is 10.7 Å². The molecule has 5 nitrogen and oxygen atoms in total. The molecule has 3 rings (SSSR count). The molecule has 0 aliphatic carbocycles. The molecule has 120 valence electrons. The number of carbonyl (C=O) groups excluding carboxylic acids is 1. The van der Waals surface area contributed by atoms with Gasteiger partial charge in [-0.25, -0.2) is 4.98 Å². The maximum absolute atomic E-state index is 12.5. The molecule has 1 N–H and O–H groups in total. The third kappa shape index (κ3) is 3.09. The van der Waals surface area contributed by atoms with Crippen LogP contribution >= 0.6 is 22.9 Å². The topological polar surface area (TPSA) is 70.5 Å². The van der Waals surface area contributed by atoms with Gasteiger partial charge in [-0.1, -0.05) is 23.7 Å². The second kappa shape index (κ2) is 5.94. The van der Waals surface area contributed by atoms with Gasteiger partial charge < -0.3 is 10.0 Å². The van der Waals surface area contributed by atoms with Crippen molar-refractivity contribution in [2.24, 2.45) is 5.41 Å². The van der Waals surface area contributed by atoms with Crippen LogP contribution in [-0.2, 0) is 4.79 Å². The van der Waals surface area contributed by atoms with E-state index in [1.807, 2.05) is 12.1 Å². The fraction of sp³-hybridized carbons (Fsp3) is 0.312. The van der Waals surface area contributed by atoms with Crippen LogP contribution in [0.2, 0.25) is 5.02 Å². The Morgan fingerprint density at radius 1 is 1.43 bits per heavy atom. The number of rotatable bonds is 3. The molecular weight excluding hydrogens is 336 g/mol. The third-order valence-corrected chi connectivity index (χ3v) is 5.20. The molecule has 0 bridgehead atoms. The number of carboxylic acids is 1. The van der Waals surface area contributed by atoms with Crippen molar-refractivity contribution in [3.8, 4) is 10.6 Å². The average Bonchev–Trinajstić information content (AvgIpc) is 3.14. The number of benzene rings is 1. The van der Waals surface area contributed by atoms with Gasteiger partial charge in [-0.3, -0.25) is 9.59 Å². The monoisotopic (exact) mass is 350 g/mol. The molecule has 1 aliphatic rings. The summed E-state index contributed by atoms with van der Waals surface area (Å²) in [5, 5.41) is 12.3. The predicted molar refractivity (Wildman–Crippen MR) is 88.8 cm³/mol. The molecule has 1 aromatic heterocycles. The molecule has 0 saturated carbocycles. The van der Waals surface area contributed by atoms with Gasteiger partial charge in [-0.15, -0.1) is 11.3 Å². The van der Waals surface area contributed by atoms with Crippen molar-refractivity contribution in [2.75, 3.05) is 13.1 Å². The van der Waals surface area contributed by atoms with E-state index in [4.69, 9.17) is 11.6 Å². The lowest BCUT2D eigenvalue weighted by molar-refractivity contribution is -0.147. The number of aliphatic carboxylic acids is 1. The van der Waals surface area contributed by atoms with E-state index in [0.717, 1.165) is 10.6 Å². The minimum Gasteiger partial charge on any atom is -0.481 e. The van der Waals surface area contributed by atoms with Gasteiger partial charge in [0.2, 0.25) is 0 Å². The summed E-state index contributed by atoms with van der Waals surface area (Å²) in [7, 11) is 0. The Bertz CT molecular complexity index is 776. The van der Waals surface area contributed by atoms with Crippen LogP contribution < -0.4 is 0 Å². The lowest BCUT2D eigenvalue weighted by Gasteiger charge is -2.19. The van der Waals surface area contributed by atoms with Crippen molar-refractivity contribution in [1.82, 2.24) is 9.88 Å². The Morgan fingerprint density at radius 2 is 2.22 bits per heavy atom. The van der Waals surface area contributed by atoms with Crippen LogP contribution in [0.5, 0.6) is 0 Å². The summed E-state index contributed by atoms with van der Waals surface area (Å²) >= 11 is 7.35. The minimum absolute atomic E-state index is 0.213. The van der Waals surface area contributed by atoms with E-state index in [1.165, 1.54) is 11.3 Å². The number of halogens is 1. The first-order valence-electron chi connectivity index (χ1n) is 7.13. The number of nitrogens with zero attached hydrogens (tertiary/aromatic N) is 2. The molecule has 2 heterocycles. The van der Waals surface area contributed by atoms with Crippen molar-refractivity contribution in [3.63, 3.8) is 0 Å². The fourth-order valence-electron chi connectivity index (χ4n) is 2.60. The fourth-order valence-corrected chi connectivity index (χ4v) is 3.58. The second-order valence-corrected chi connectivity index (χ2v) is 7.19. The van der Waals surface area contributed by atoms with Crippen molar-refractivity contribution < 1.29 is 14.7 Å². The summed E-state index contributed by atoms with van der Waals surface area (Å²) in [5.74, 6) is -1.09. The minimum atomic E-state index is -0.874. The number of amides is 1. The number of carboxylic acid groups (broad SMARTS) is 1. The highest BCUT2D eigenvalue weighted by Crippen LogP contribution is 2.32. The van der Waals surface area contributed by atoms with E-state index in [9.17, 15) is 14.7 Å². The first kappa shape index (κ1) is 16.0. The van der Waals surface area contributed by atoms with Gasteiger partial charge in [-0.2, -0.15) is 0 Å². The van der Waals surface area contributed by atoms with Crippen molar-refractivity contribution in [1.29, 1.82) is 0 Å². The van der Waals surface area contributed by atoms with Gasteiger partial charge in [0.15, 0.2) is 0 Å². The molecular formula is C16H15ClN2O3S. The quantitative estimate of drug-likeness (QED) is 0.921. The zero-order valence-corrected chi connectivity index (χ0v) is 14.0. The number of carbonyl (C=O) groups is 2. The molecule has 1 atom stereocenters. The molecule has 1 fully saturated rings. The first-order chi connectivity index (χ1) is 10.9. The number of likely N-dealkylation sites (tertiary alicyclic amines) is 1. The van der Waals surface area contributed by atoms with Gasteiger partial charge in [0.25, 0.3) is 5.91 Å². The Labute approximate surface area is 142 Å². The average molecular weight is 351 g/mol. The van der Waals surface area contributed by atoms with Crippen molar-refractivity contribution >= 4 is 34.8 Å². The van der Waals surface area contributed by atoms with Crippen molar-refractivity contribution in [3.05, 3.63) is 40.4 Å². The van der Waals surface area contributed by atoms with E-state index in [1.54, 1.807) is 29.3 Å². The van der Waals surface area contributed by atoms with Crippen LogP contribution in [0.4, 0.5) is 0 Å². The lowest BCUT2D eigenvalue weighted by atomic mass is 9.90. The van der Waals surface area contributed by atoms with Crippen LogP contribution in [0, 0.1) is 5.41 Å². The van der Waals surface area contributed by atoms with Crippen LogP contribution in [0.15, 0.2) is 29.6 Å². The molecule has 2 aromatic rings. The van der Waals surface area contributed by atoms with E-state index in [-0.39, 0.29) is 12.5 Å². The molecule has 1 aromatic carbocycles. The van der Waals surface area contributed by atoms with Crippen LogP contribution in [0.1, 0.15) is 23.8 Å².